The van der Waals surface area contributed by atoms with Gasteiger partial charge in [0.25, 0.3) is 0 Å². The molecule has 6 N–H and O–H groups in total. The molecule has 3 heterocycles. The average Bonchev–Trinajstić information content (AvgIpc) is 3.10. The molecule has 0 fully saturated rings. The van der Waals surface area contributed by atoms with Gasteiger partial charge in [-0.1, -0.05) is 6.07 Å². The van der Waals surface area contributed by atoms with Crippen molar-refractivity contribution in [3.63, 3.8) is 0 Å². The topological polar surface area (TPSA) is 136 Å². The Morgan fingerprint density at radius 1 is 1.08 bits per heavy atom. The molecular formula is C17H21ClN6O2. The zero-order chi connectivity index (χ0) is 19.1. The molecule has 0 aliphatic rings. The van der Waals surface area contributed by atoms with Crippen LogP contribution in [0.15, 0.2) is 34.7 Å². The molecule has 0 amide bonds. The second kappa shape index (κ2) is 9.02. The maximum Gasteiger partial charge on any atom is 0.225 e. The van der Waals surface area contributed by atoms with Crippen molar-refractivity contribution in [2.24, 2.45) is 0 Å². The minimum atomic E-state index is 0.194. The first-order valence-electron chi connectivity index (χ1n) is 7.76. The second-order valence-corrected chi connectivity index (χ2v) is 5.48. The fraction of sp³-hybridized carbons (Fsp3) is 0.235. The Bertz CT molecular complexity index is 868. The largest absolute Gasteiger partial charge is 0.460 e. The zero-order valence-corrected chi connectivity index (χ0v) is 15.3. The quantitative estimate of drug-likeness (QED) is 0.499. The number of aliphatic hydroxyl groups is 1. The summed E-state index contributed by atoms with van der Waals surface area (Å²) in [4.78, 5) is 13.0. The molecule has 3 aromatic heterocycles. The molecule has 3 rings (SSSR count). The molecule has 0 saturated heterocycles. The molecule has 138 valence electrons. The highest BCUT2D eigenvalue weighted by Gasteiger charge is 2.14. The van der Waals surface area contributed by atoms with Gasteiger partial charge in [-0.15, -0.1) is 11.6 Å². The molecule has 0 radical (unpaired) electrons. The van der Waals surface area contributed by atoms with Crippen molar-refractivity contribution >= 4 is 29.1 Å². The highest BCUT2D eigenvalue weighted by molar-refractivity contribution is 6.16. The van der Waals surface area contributed by atoms with Crippen LogP contribution in [0.1, 0.15) is 17.1 Å². The third-order valence-electron chi connectivity index (χ3n) is 3.38. The van der Waals surface area contributed by atoms with Crippen LogP contribution in [-0.4, -0.2) is 27.2 Å². The average molecular weight is 377 g/mol. The minimum absolute atomic E-state index is 0.194. The lowest BCUT2D eigenvalue weighted by Crippen LogP contribution is -2.10. The summed E-state index contributed by atoms with van der Waals surface area (Å²) in [6.07, 6.45) is 0. The zero-order valence-electron chi connectivity index (χ0n) is 14.5. The fourth-order valence-electron chi connectivity index (χ4n) is 2.19. The minimum Gasteiger partial charge on any atom is -0.460 e. The van der Waals surface area contributed by atoms with E-state index in [-0.39, 0.29) is 11.5 Å². The number of aryl methyl sites for hydroxylation is 1. The maximum atomic E-state index is 7.00. The Hall–Kier alpha value is -2.84. The lowest BCUT2D eigenvalue weighted by molar-refractivity contribution is 0.399. The Labute approximate surface area is 156 Å². The van der Waals surface area contributed by atoms with Crippen molar-refractivity contribution in [3.05, 3.63) is 47.5 Å². The van der Waals surface area contributed by atoms with Crippen molar-refractivity contribution in [3.8, 4) is 11.5 Å². The molecule has 0 bridgehead atoms. The molecule has 3 aromatic rings. The van der Waals surface area contributed by atoms with Crippen LogP contribution in [-0.2, 0) is 12.4 Å². The number of nitrogens with two attached hydrogens (primary N) is 2. The highest BCUT2D eigenvalue weighted by Crippen LogP contribution is 2.29. The lowest BCUT2D eigenvalue weighted by atomic mass is 10.2. The molecular weight excluding hydrogens is 356 g/mol. The molecule has 0 unspecified atom stereocenters. The molecule has 26 heavy (non-hydrogen) atoms. The number of halogens is 1. The predicted molar refractivity (Wildman–Crippen MR) is 103 cm³/mol. The SMILES string of the molecule is CO.Cc1ccc(-c2nc(NCc3cccc(CCl)n3)nc(N)c2N)o1. The van der Waals surface area contributed by atoms with E-state index in [0.717, 1.165) is 24.3 Å². The van der Waals surface area contributed by atoms with Gasteiger partial charge in [-0.2, -0.15) is 4.98 Å². The van der Waals surface area contributed by atoms with Crippen molar-refractivity contribution in [2.45, 2.75) is 19.3 Å². The van der Waals surface area contributed by atoms with Crippen LogP contribution in [0.5, 0.6) is 0 Å². The Morgan fingerprint density at radius 2 is 1.81 bits per heavy atom. The van der Waals surface area contributed by atoms with E-state index < -0.39 is 0 Å². The van der Waals surface area contributed by atoms with Crippen LogP contribution >= 0.6 is 11.6 Å². The Balaban J connectivity index is 0.00000117. The van der Waals surface area contributed by atoms with E-state index >= 15 is 0 Å². The van der Waals surface area contributed by atoms with Crippen molar-refractivity contribution in [1.82, 2.24) is 15.0 Å². The van der Waals surface area contributed by atoms with Crippen LogP contribution in [0.3, 0.4) is 0 Å². The van der Waals surface area contributed by atoms with Crippen LogP contribution in [0, 0.1) is 6.92 Å². The van der Waals surface area contributed by atoms with E-state index in [2.05, 4.69) is 20.3 Å². The highest BCUT2D eigenvalue weighted by atomic mass is 35.5. The number of hydrogen-bond donors (Lipinski definition) is 4. The first kappa shape index (κ1) is 19.5. The molecule has 0 saturated carbocycles. The number of anilines is 3. The van der Waals surface area contributed by atoms with Crippen molar-refractivity contribution in [2.75, 3.05) is 23.9 Å². The number of nitrogen functional groups attached to an aromatic ring is 2. The van der Waals surface area contributed by atoms with Gasteiger partial charge in [0, 0.05) is 7.11 Å². The smallest absolute Gasteiger partial charge is 0.225 e. The van der Waals surface area contributed by atoms with Gasteiger partial charge < -0.3 is 26.3 Å². The van der Waals surface area contributed by atoms with Gasteiger partial charge in [-0.3, -0.25) is 4.98 Å². The Morgan fingerprint density at radius 3 is 2.46 bits per heavy atom. The summed E-state index contributed by atoms with van der Waals surface area (Å²) in [6, 6.07) is 9.29. The number of alkyl halides is 1. The van der Waals surface area contributed by atoms with Crippen LogP contribution in [0.25, 0.3) is 11.5 Å². The first-order chi connectivity index (χ1) is 12.6. The summed E-state index contributed by atoms with van der Waals surface area (Å²) in [7, 11) is 1.00. The van der Waals surface area contributed by atoms with E-state index in [1.54, 1.807) is 6.07 Å². The number of aliphatic hydroxyl groups excluding tert-OH is 1. The van der Waals surface area contributed by atoms with E-state index in [1.165, 1.54) is 0 Å². The normalized spacial score (nSPS) is 10.2. The summed E-state index contributed by atoms with van der Waals surface area (Å²) in [6.45, 7) is 2.28. The summed E-state index contributed by atoms with van der Waals surface area (Å²) in [5.74, 6) is 2.21. The number of rotatable bonds is 5. The fourth-order valence-corrected chi connectivity index (χ4v) is 2.34. The molecule has 9 heteroatoms. The van der Waals surface area contributed by atoms with E-state index in [9.17, 15) is 0 Å². The van der Waals surface area contributed by atoms with Crippen molar-refractivity contribution in [1.29, 1.82) is 0 Å². The molecule has 0 aliphatic heterocycles. The standard InChI is InChI=1S/C16H17ClN6O.CH4O/c1-9-5-6-12(24-9)14-13(18)15(19)23-16(22-14)20-8-11-4-2-3-10(7-17)21-11;1-2/h2-6H,7-8,18H2,1H3,(H3,19,20,22,23);2H,1H3. The van der Waals surface area contributed by atoms with Crippen LogP contribution in [0.4, 0.5) is 17.5 Å². The molecule has 0 aliphatic carbocycles. The monoisotopic (exact) mass is 376 g/mol. The van der Waals surface area contributed by atoms with E-state index in [0.29, 0.717) is 29.8 Å². The van der Waals surface area contributed by atoms with Gasteiger partial charge in [0.1, 0.15) is 17.1 Å². The summed E-state index contributed by atoms with van der Waals surface area (Å²) in [5, 5.41) is 10.1. The second-order valence-electron chi connectivity index (χ2n) is 5.21. The molecule has 0 atom stereocenters. The Kier molecular flexibility index (Phi) is 6.76. The van der Waals surface area contributed by atoms with Gasteiger partial charge in [0.2, 0.25) is 5.95 Å². The van der Waals surface area contributed by atoms with E-state index in [1.807, 2.05) is 31.2 Å². The maximum absolute atomic E-state index is 7.00. The van der Waals surface area contributed by atoms with Crippen molar-refractivity contribution < 1.29 is 9.52 Å². The van der Waals surface area contributed by atoms with Crippen LogP contribution < -0.4 is 16.8 Å². The van der Waals surface area contributed by atoms with Gasteiger partial charge in [-0.05, 0) is 31.2 Å². The van der Waals surface area contributed by atoms with Gasteiger partial charge in [0.15, 0.2) is 11.6 Å². The number of pyridine rings is 1. The van der Waals surface area contributed by atoms with Gasteiger partial charge in [-0.25, -0.2) is 4.98 Å². The number of furan rings is 1. The lowest BCUT2D eigenvalue weighted by Gasteiger charge is -2.10. The number of hydrogen-bond acceptors (Lipinski definition) is 8. The first-order valence-corrected chi connectivity index (χ1v) is 8.29. The summed E-state index contributed by atoms with van der Waals surface area (Å²) >= 11 is 5.80. The number of aromatic nitrogens is 3. The molecule has 0 spiro atoms. The summed E-state index contributed by atoms with van der Waals surface area (Å²) in [5.41, 5.74) is 14.2. The third kappa shape index (κ3) is 4.62. The predicted octanol–water partition coefficient (Wildman–Crippen LogP) is 2.56. The number of nitrogens with one attached hydrogen (secondary N) is 1. The van der Waals surface area contributed by atoms with Gasteiger partial charge >= 0.3 is 0 Å². The van der Waals surface area contributed by atoms with Crippen LogP contribution in [0.2, 0.25) is 0 Å². The van der Waals surface area contributed by atoms with Gasteiger partial charge in [0.05, 0.1) is 23.8 Å². The molecule has 0 aromatic carbocycles. The third-order valence-corrected chi connectivity index (χ3v) is 3.65. The number of nitrogens with zero attached hydrogens (tertiary/aromatic N) is 3. The molecule has 8 nitrogen and oxygen atoms in total. The van der Waals surface area contributed by atoms with E-state index in [4.69, 9.17) is 32.6 Å². The summed E-state index contributed by atoms with van der Waals surface area (Å²) < 4.78 is 5.57.